The number of benzene rings is 4. The van der Waals surface area contributed by atoms with Crippen LogP contribution < -0.4 is 19.3 Å². The summed E-state index contributed by atoms with van der Waals surface area (Å²) in [6, 6.07) is 32.9. The zero-order chi connectivity index (χ0) is 35.3. The summed E-state index contributed by atoms with van der Waals surface area (Å²) in [5, 5.41) is 4.53. The summed E-state index contributed by atoms with van der Waals surface area (Å²) in [4.78, 5) is 13.6. The number of hydrogen-bond donors (Lipinski definition) is 0. The molecule has 0 N–H and O–H groups in total. The summed E-state index contributed by atoms with van der Waals surface area (Å²) < 4.78 is 30.2. The normalized spacial score (nSPS) is 18.8. The number of piperazine rings is 1. The fraction of sp³-hybridized carbons (Fsp3) is 0.275. The molecule has 2 unspecified atom stereocenters. The van der Waals surface area contributed by atoms with E-state index in [0.717, 1.165) is 59.0 Å². The molecule has 6 aromatic rings. The molecule has 0 radical (unpaired) electrons. The highest BCUT2D eigenvalue weighted by Crippen LogP contribution is 2.42. The van der Waals surface area contributed by atoms with Gasteiger partial charge in [0.1, 0.15) is 30.5 Å². The van der Waals surface area contributed by atoms with Crippen molar-refractivity contribution in [1.29, 1.82) is 0 Å². The number of aromatic nitrogens is 5. The van der Waals surface area contributed by atoms with Gasteiger partial charge < -0.3 is 33.3 Å². The molecule has 0 bridgehead atoms. The van der Waals surface area contributed by atoms with Gasteiger partial charge in [-0.2, -0.15) is 5.10 Å². The molecule has 4 aromatic carbocycles. The smallest absolute Gasteiger partial charge is 0.217 e. The molecule has 2 aliphatic heterocycles. The number of halogens is 1. The van der Waals surface area contributed by atoms with Gasteiger partial charge in [0.2, 0.25) is 5.79 Å². The third-order valence-corrected chi connectivity index (χ3v) is 9.89. The fourth-order valence-electron chi connectivity index (χ4n) is 6.86. The molecule has 4 heterocycles. The lowest BCUT2D eigenvalue weighted by Gasteiger charge is -2.37. The Morgan fingerprint density at radius 3 is 2.40 bits per heavy atom. The van der Waals surface area contributed by atoms with Crippen molar-refractivity contribution in [3.8, 4) is 28.6 Å². The van der Waals surface area contributed by atoms with Gasteiger partial charge in [-0.3, -0.25) is 0 Å². The van der Waals surface area contributed by atoms with E-state index < -0.39 is 5.79 Å². The predicted octanol–water partition coefficient (Wildman–Crippen LogP) is 6.97. The van der Waals surface area contributed by atoms with Crippen molar-refractivity contribution in [1.82, 2.24) is 24.3 Å². The molecule has 2 saturated heterocycles. The van der Waals surface area contributed by atoms with Gasteiger partial charge in [0.15, 0.2) is 5.82 Å². The number of anilines is 2. The van der Waals surface area contributed by atoms with Crippen LogP contribution in [0.3, 0.4) is 0 Å². The molecule has 12 heteroatoms. The van der Waals surface area contributed by atoms with Crippen molar-refractivity contribution in [2.24, 2.45) is 0 Å². The van der Waals surface area contributed by atoms with Crippen LogP contribution in [0.2, 0.25) is 0 Å². The Balaban J connectivity index is 0.879. The average Bonchev–Trinajstić information content (AvgIpc) is 3.98. The summed E-state index contributed by atoms with van der Waals surface area (Å²) in [5.74, 6) is 1.29. The van der Waals surface area contributed by atoms with Crippen LogP contribution in [0.25, 0.3) is 17.1 Å². The minimum atomic E-state index is -1.05. The molecule has 11 nitrogen and oxygen atoms in total. The standard InChI is InChI=1S/C40H40BrN7O4/c1-2-49-38-23-31(41)11-16-37(38)40(27-45-18-17-42-29-45)51-26-36(52-40)25-50-35-14-12-32(13-15-35)46-19-21-47(22-20-46)33-9-6-10-34(24-33)48-39(43-28-44-48)30-7-4-3-5-8-30/h3-18,23-24,28-29,36H,2,19-22,25-27H2,1H3. The van der Waals surface area contributed by atoms with Crippen molar-refractivity contribution in [2.45, 2.75) is 25.4 Å². The first-order valence-electron chi connectivity index (χ1n) is 17.6. The minimum absolute atomic E-state index is 0.276. The number of imidazole rings is 1. The highest BCUT2D eigenvalue weighted by Gasteiger charge is 2.46. The number of hydrogen-bond acceptors (Lipinski definition) is 9. The van der Waals surface area contributed by atoms with Crippen LogP contribution >= 0.6 is 15.9 Å². The number of ether oxygens (including phenoxy) is 4. The molecule has 8 rings (SSSR count). The molecule has 2 atom stereocenters. The van der Waals surface area contributed by atoms with Gasteiger partial charge in [-0.1, -0.05) is 52.3 Å². The lowest BCUT2D eigenvalue weighted by Crippen LogP contribution is -2.46. The van der Waals surface area contributed by atoms with Crippen molar-refractivity contribution in [2.75, 3.05) is 55.8 Å². The van der Waals surface area contributed by atoms with Crippen molar-refractivity contribution in [3.63, 3.8) is 0 Å². The summed E-state index contributed by atoms with van der Waals surface area (Å²) in [5.41, 5.74) is 5.21. The van der Waals surface area contributed by atoms with Gasteiger partial charge in [-0.25, -0.2) is 14.6 Å². The van der Waals surface area contributed by atoms with Crippen LogP contribution in [0, 0.1) is 0 Å². The first-order valence-corrected chi connectivity index (χ1v) is 18.4. The van der Waals surface area contributed by atoms with E-state index in [9.17, 15) is 0 Å². The lowest BCUT2D eigenvalue weighted by atomic mass is 10.0. The van der Waals surface area contributed by atoms with Crippen LogP contribution in [0.1, 0.15) is 12.5 Å². The summed E-state index contributed by atoms with van der Waals surface area (Å²) in [7, 11) is 0. The average molecular weight is 763 g/mol. The second-order valence-electron chi connectivity index (χ2n) is 12.8. The molecule has 0 spiro atoms. The molecular formula is C40H40BrN7O4. The van der Waals surface area contributed by atoms with Crippen LogP contribution in [0.4, 0.5) is 11.4 Å². The molecule has 2 aromatic heterocycles. The van der Waals surface area contributed by atoms with Gasteiger partial charge >= 0.3 is 0 Å². The zero-order valence-electron chi connectivity index (χ0n) is 28.9. The highest BCUT2D eigenvalue weighted by molar-refractivity contribution is 9.10. The molecule has 266 valence electrons. The Labute approximate surface area is 311 Å². The van der Waals surface area contributed by atoms with E-state index in [-0.39, 0.29) is 6.10 Å². The molecule has 0 aliphatic carbocycles. The Hall–Kier alpha value is -5.17. The van der Waals surface area contributed by atoms with E-state index >= 15 is 0 Å². The van der Waals surface area contributed by atoms with Crippen molar-refractivity contribution >= 4 is 27.3 Å². The molecular weight excluding hydrogens is 722 g/mol. The first kappa shape index (κ1) is 33.9. The summed E-state index contributed by atoms with van der Waals surface area (Å²) >= 11 is 3.57. The highest BCUT2D eigenvalue weighted by atomic mass is 79.9. The van der Waals surface area contributed by atoms with E-state index in [1.807, 2.05) is 70.9 Å². The Morgan fingerprint density at radius 2 is 1.63 bits per heavy atom. The van der Waals surface area contributed by atoms with E-state index in [0.29, 0.717) is 32.1 Å². The monoisotopic (exact) mass is 761 g/mol. The molecule has 0 saturated carbocycles. The van der Waals surface area contributed by atoms with Gasteiger partial charge in [0.05, 0.1) is 37.3 Å². The van der Waals surface area contributed by atoms with Crippen LogP contribution in [-0.4, -0.2) is 76.4 Å². The number of nitrogens with zero attached hydrogens (tertiary/aromatic N) is 7. The predicted molar refractivity (Wildman–Crippen MR) is 203 cm³/mol. The minimum Gasteiger partial charge on any atom is -0.493 e. The van der Waals surface area contributed by atoms with Gasteiger partial charge in [0, 0.05) is 60.0 Å². The van der Waals surface area contributed by atoms with Crippen LogP contribution in [0.15, 0.2) is 127 Å². The topological polar surface area (TPSA) is 91.9 Å². The van der Waals surface area contributed by atoms with Gasteiger partial charge in [0.25, 0.3) is 0 Å². The third kappa shape index (κ3) is 7.27. The molecule has 2 fully saturated rings. The maximum Gasteiger partial charge on any atom is 0.217 e. The van der Waals surface area contributed by atoms with E-state index in [1.165, 1.54) is 11.4 Å². The maximum atomic E-state index is 6.66. The quantitative estimate of drug-likeness (QED) is 0.131. The molecule has 52 heavy (non-hydrogen) atoms. The van der Waals surface area contributed by atoms with Crippen molar-refractivity contribution in [3.05, 3.63) is 132 Å². The molecule has 0 amide bonds. The second-order valence-corrected chi connectivity index (χ2v) is 13.7. The van der Waals surface area contributed by atoms with Crippen LogP contribution in [-0.2, 0) is 21.8 Å². The second kappa shape index (κ2) is 15.2. The molecule has 2 aliphatic rings. The Bertz CT molecular complexity index is 2070. The lowest BCUT2D eigenvalue weighted by molar-refractivity contribution is -0.190. The van der Waals surface area contributed by atoms with Gasteiger partial charge in [-0.15, -0.1) is 0 Å². The summed E-state index contributed by atoms with van der Waals surface area (Å²) in [6.45, 7) is 7.30. The Morgan fingerprint density at radius 1 is 0.846 bits per heavy atom. The van der Waals surface area contributed by atoms with E-state index in [1.54, 1.807) is 18.9 Å². The third-order valence-electron chi connectivity index (χ3n) is 9.40. The van der Waals surface area contributed by atoms with Crippen molar-refractivity contribution < 1.29 is 18.9 Å². The van der Waals surface area contributed by atoms with E-state index in [2.05, 4.69) is 89.3 Å². The van der Waals surface area contributed by atoms with E-state index in [4.69, 9.17) is 18.9 Å². The Kier molecular flexibility index (Phi) is 9.93. The van der Waals surface area contributed by atoms with Crippen LogP contribution in [0.5, 0.6) is 11.5 Å². The SMILES string of the molecule is CCOc1cc(Br)ccc1C1(Cn2ccnc2)OCC(COc2ccc(N3CCN(c4cccc(-n5ncnc5-c5ccccc5)c4)CC3)cc2)O1. The largest absolute Gasteiger partial charge is 0.493 e. The zero-order valence-corrected chi connectivity index (χ0v) is 30.5. The van der Waals surface area contributed by atoms with Gasteiger partial charge in [-0.05, 0) is 67.6 Å². The number of rotatable bonds is 12. The summed E-state index contributed by atoms with van der Waals surface area (Å²) in [6.07, 6.45) is 6.75. The fourth-order valence-corrected chi connectivity index (χ4v) is 7.20. The maximum absolute atomic E-state index is 6.66. The first-order chi connectivity index (χ1) is 25.6.